The number of rotatable bonds is 5. The first-order valence-corrected chi connectivity index (χ1v) is 6.40. The Kier molecular flexibility index (Phi) is 4.37. The van der Waals surface area contributed by atoms with Crippen molar-refractivity contribution >= 4 is 5.69 Å². The van der Waals surface area contributed by atoms with E-state index in [2.05, 4.69) is 24.3 Å². The van der Waals surface area contributed by atoms with Gasteiger partial charge in [-0.3, -0.25) is 0 Å². The second-order valence-corrected chi connectivity index (χ2v) is 4.65. The van der Waals surface area contributed by atoms with Gasteiger partial charge in [-0.15, -0.1) is 0 Å². The van der Waals surface area contributed by atoms with Gasteiger partial charge < -0.3 is 11.5 Å². The number of hydrogen-bond donors (Lipinski definition) is 2. The Balaban J connectivity index is 1.81. The van der Waals surface area contributed by atoms with Crippen LogP contribution in [0.5, 0.6) is 0 Å². The van der Waals surface area contributed by atoms with Gasteiger partial charge in [-0.1, -0.05) is 42.5 Å². The molecule has 0 aliphatic heterocycles. The van der Waals surface area contributed by atoms with Crippen molar-refractivity contribution in [2.75, 3.05) is 5.73 Å². The van der Waals surface area contributed by atoms with Crippen molar-refractivity contribution in [3.63, 3.8) is 0 Å². The minimum absolute atomic E-state index is 0.106. The molecule has 0 fully saturated rings. The minimum atomic E-state index is 0.106. The second-order valence-electron chi connectivity index (χ2n) is 4.65. The lowest BCUT2D eigenvalue weighted by molar-refractivity contribution is 0.611. The van der Waals surface area contributed by atoms with Gasteiger partial charge in [-0.05, 0) is 42.5 Å². The topological polar surface area (TPSA) is 52.0 Å². The summed E-state index contributed by atoms with van der Waals surface area (Å²) >= 11 is 0. The van der Waals surface area contributed by atoms with Crippen LogP contribution in [0.4, 0.5) is 5.69 Å². The zero-order valence-electron chi connectivity index (χ0n) is 10.5. The molecule has 2 rings (SSSR count). The van der Waals surface area contributed by atoms with E-state index in [4.69, 9.17) is 11.5 Å². The largest absolute Gasteiger partial charge is 0.399 e. The van der Waals surface area contributed by atoms with E-state index in [1.807, 2.05) is 30.3 Å². The molecule has 1 atom stereocenters. The Bertz CT molecular complexity index is 462. The normalized spacial score (nSPS) is 12.3. The molecule has 18 heavy (non-hydrogen) atoms. The highest BCUT2D eigenvalue weighted by Crippen LogP contribution is 2.18. The van der Waals surface area contributed by atoms with Crippen LogP contribution >= 0.6 is 0 Å². The molecule has 2 aromatic rings. The maximum atomic E-state index is 6.17. The lowest BCUT2D eigenvalue weighted by Gasteiger charge is -2.12. The minimum Gasteiger partial charge on any atom is -0.399 e. The molecule has 2 heteroatoms. The van der Waals surface area contributed by atoms with E-state index in [-0.39, 0.29) is 6.04 Å². The van der Waals surface area contributed by atoms with Crippen molar-refractivity contribution in [1.82, 2.24) is 0 Å². The van der Waals surface area contributed by atoms with Gasteiger partial charge in [0.25, 0.3) is 0 Å². The Morgan fingerprint density at radius 1 is 0.889 bits per heavy atom. The lowest BCUT2D eigenvalue weighted by Crippen LogP contribution is -2.10. The molecule has 2 aromatic carbocycles. The number of nitrogens with two attached hydrogens (primary N) is 2. The van der Waals surface area contributed by atoms with Crippen LogP contribution in [0.1, 0.15) is 30.0 Å². The first-order valence-electron chi connectivity index (χ1n) is 6.40. The molecule has 0 radical (unpaired) electrons. The Morgan fingerprint density at radius 3 is 2.22 bits per heavy atom. The summed E-state index contributed by atoms with van der Waals surface area (Å²) in [6.07, 6.45) is 3.19. The predicted octanol–water partition coefficient (Wildman–Crippen LogP) is 3.29. The summed E-state index contributed by atoms with van der Waals surface area (Å²) in [6, 6.07) is 18.5. The maximum Gasteiger partial charge on any atom is 0.0314 e. The zero-order valence-corrected chi connectivity index (χ0v) is 10.5. The average Bonchev–Trinajstić information content (AvgIpc) is 2.40. The van der Waals surface area contributed by atoms with Gasteiger partial charge >= 0.3 is 0 Å². The molecular weight excluding hydrogens is 220 g/mol. The summed E-state index contributed by atoms with van der Waals surface area (Å²) in [4.78, 5) is 0. The molecule has 0 aliphatic rings. The summed E-state index contributed by atoms with van der Waals surface area (Å²) in [5.41, 5.74) is 15.2. The van der Waals surface area contributed by atoms with E-state index in [1.165, 1.54) is 5.56 Å². The fourth-order valence-corrected chi connectivity index (χ4v) is 2.08. The Labute approximate surface area is 109 Å². The van der Waals surface area contributed by atoms with Gasteiger partial charge in [-0.2, -0.15) is 0 Å². The van der Waals surface area contributed by atoms with E-state index < -0.39 is 0 Å². The summed E-state index contributed by atoms with van der Waals surface area (Å²) in [5, 5.41) is 0. The summed E-state index contributed by atoms with van der Waals surface area (Å²) in [5.74, 6) is 0. The van der Waals surface area contributed by atoms with Crippen LogP contribution in [0.15, 0.2) is 54.6 Å². The van der Waals surface area contributed by atoms with E-state index in [0.29, 0.717) is 0 Å². The first-order chi connectivity index (χ1) is 8.75. The molecule has 0 spiro atoms. The van der Waals surface area contributed by atoms with E-state index in [9.17, 15) is 0 Å². The molecule has 0 aliphatic carbocycles. The molecule has 4 N–H and O–H groups in total. The number of hydrogen-bond acceptors (Lipinski definition) is 2. The molecule has 2 nitrogen and oxygen atoms in total. The third-order valence-electron chi connectivity index (χ3n) is 3.19. The third-order valence-corrected chi connectivity index (χ3v) is 3.19. The maximum absolute atomic E-state index is 6.17. The van der Waals surface area contributed by atoms with Crippen LogP contribution in [-0.4, -0.2) is 0 Å². The van der Waals surface area contributed by atoms with Gasteiger partial charge in [0, 0.05) is 11.7 Å². The number of nitrogen functional groups attached to an aromatic ring is 1. The van der Waals surface area contributed by atoms with Crippen LogP contribution in [0.25, 0.3) is 0 Å². The van der Waals surface area contributed by atoms with Crippen molar-refractivity contribution < 1.29 is 0 Å². The molecule has 0 bridgehead atoms. The lowest BCUT2D eigenvalue weighted by atomic mass is 10.00. The summed E-state index contributed by atoms with van der Waals surface area (Å²) in [6.45, 7) is 0. The Hall–Kier alpha value is -1.80. The fraction of sp³-hybridized carbons (Fsp3) is 0.250. The van der Waals surface area contributed by atoms with Gasteiger partial charge in [0.2, 0.25) is 0 Å². The molecule has 0 aromatic heterocycles. The highest BCUT2D eigenvalue weighted by molar-refractivity contribution is 5.40. The van der Waals surface area contributed by atoms with Gasteiger partial charge in [-0.25, -0.2) is 0 Å². The number of aryl methyl sites for hydroxylation is 1. The van der Waals surface area contributed by atoms with Gasteiger partial charge in [0.05, 0.1) is 0 Å². The average molecular weight is 240 g/mol. The Morgan fingerprint density at radius 2 is 1.56 bits per heavy atom. The van der Waals surface area contributed by atoms with E-state index >= 15 is 0 Å². The number of anilines is 1. The van der Waals surface area contributed by atoms with Crippen molar-refractivity contribution in [3.8, 4) is 0 Å². The van der Waals surface area contributed by atoms with Crippen LogP contribution in [0.3, 0.4) is 0 Å². The molecule has 0 heterocycles. The summed E-state index contributed by atoms with van der Waals surface area (Å²) in [7, 11) is 0. The molecule has 0 saturated carbocycles. The highest BCUT2D eigenvalue weighted by atomic mass is 14.6. The van der Waals surface area contributed by atoms with Crippen LogP contribution in [0, 0.1) is 0 Å². The van der Waals surface area contributed by atoms with Crippen LogP contribution < -0.4 is 11.5 Å². The molecule has 0 saturated heterocycles. The summed E-state index contributed by atoms with van der Waals surface area (Å²) < 4.78 is 0. The molecular formula is C16H20N2. The van der Waals surface area contributed by atoms with Crippen molar-refractivity contribution in [2.45, 2.75) is 25.3 Å². The van der Waals surface area contributed by atoms with E-state index in [0.717, 1.165) is 30.5 Å². The van der Waals surface area contributed by atoms with Gasteiger partial charge in [0.1, 0.15) is 0 Å². The predicted molar refractivity (Wildman–Crippen MR) is 77.2 cm³/mol. The van der Waals surface area contributed by atoms with Crippen LogP contribution in [-0.2, 0) is 6.42 Å². The quantitative estimate of drug-likeness (QED) is 0.788. The molecule has 94 valence electrons. The standard InChI is InChI=1S/C16H20N2/c17-15-11-9-14(10-12-15)16(18)8-4-7-13-5-2-1-3-6-13/h1-3,5-6,9-12,16H,4,7-8,17-18H2. The molecule has 1 unspecified atom stereocenters. The monoisotopic (exact) mass is 240 g/mol. The van der Waals surface area contributed by atoms with Gasteiger partial charge in [0.15, 0.2) is 0 Å². The SMILES string of the molecule is Nc1ccc(C(N)CCCc2ccccc2)cc1. The van der Waals surface area contributed by atoms with Crippen molar-refractivity contribution in [3.05, 3.63) is 65.7 Å². The molecule has 0 amide bonds. The first kappa shape index (κ1) is 12.7. The van der Waals surface area contributed by atoms with Crippen molar-refractivity contribution in [1.29, 1.82) is 0 Å². The highest BCUT2D eigenvalue weighted by Gasteiger charge is 2.05. The second kappa shape index (κ2) is 6.22. The third kappa shape index (κ3) is 3.60. The van der Waals surface area contributed by atoms with Crippen LogP contribution in [0.2, 0.25) is 0 Å². The fourth-order valence-electron chi connectivity index (χ4n) is 2.08. The smallest absolute Gasteiger partial charge is 0.0314 e. The number of benzene rings is 2. The van der Waals surface area contributed by atoms with Crippen molar-refractivity contribution in [2.24, 2.45) is 5.73 Å². The zero-order chi connectivity index (χ0) is 12.8. The van der Waals surface area contributed by atoms with E-state index in [1.54, 1.807) is 0 Å².